The molecule has 0 saturated carbocycles. The summed E-state index contributed by atoms with van der Waals surface area (Å²) in [5.41, 5.74) is 5.79. The number of nitrogens with zero attached hydrogens (tertiary/aromatic N) is 5. The second-order valence-electron chi connectivity index (χ2n) is 7.79. The molecule has 6 heteroatoms. The molecule has 3 aromatic carbocycles. The molecule has 0 aliphatic heterocycles. The zero-order valence-electron chi connectivity index (χ0n) is 18.1. The van der Waals surface area contributed by atoms with Gasteiger partial charge in [0, 0.05) is 22.9 Å². The molecule has 6 nitrogen and oxygen atoms in total. The van der Waals surface area contributed by atoms with Gasteiger partial charge in [0.15, 0.2) is 11.5 Å². The minimum Gasteiger partial charge on any atom is -0.416 e. The van der Waals surface area contributed by atoms with Gasteiger partial charge >= 0.3 is 0 Å². The molecular formula is C28H19N5O. The molecule has 0 N–H and O–H groups in total. The average Bonchev–Trinajstić information content (AvgIpc) is 3.57. The third-order valence-electron chi connectivity index (χ3n) is 5.48. The SMILES string of the molecule is C(=Cc1ccc(-c2nnc(-c3ccccc3)o2)cc1)c1ccc(-c2nc3ccccn3n2)cc1. The molecule has 3 heterocycles. The number of fused-ring (bicyclic) bond motifs is 1. The first-order valence-corrected chi connectivity index (χ1v) is 10.9. The third kappa shape index (κ3) is 4.00. The molecule has 0 aliphatic rings. The topological polar surface area (TPSA) is 69.1 Å². The fourth-order valence-corrected chi connectivity index (χ4v) is 3.66. The molecule has 6 aromatic rings. The van der Waals surface area contributed by atoms with Crippen molar-refractivity contribution < 1.29 is 4.42 Å². The highest BCUT2D eigenvalue weighted by molar-refractivity contribution is 5.72. The van der Waals surface area contributed by atoms with Crippen molar-refractivity contribution >= 4 is 17.8 Å². The highest BCUT2D eigenvalue weighted by atomic mass is 16.4. The van der Waals surface area contributed by atoms with Crippen molar-refractivity contribution in [1.29, 1.82) is 0 Å². The maximum Gasteiger partial charge on any atom is 0.248 e. The third-order valence-corrected chi connectivity index (χ3v) is 5.48. The van der Waals surface area contributed by atoms with Gasteiger partial charge in [-0.1, -0.05) is 72.8 Å². The molecule has 0 unspecified atom stereocenters. The highest BCUT2D eigenvalue weighted by Gasteiger charge is 2.10. The lowest BCUT2D eigenvalue weighted by Crippen LogP contribution is -1.85. The van der Waals surface area contributed by atoms with Crippen molar-refractivity contribution in [1.82, 2.24) is 24.8 Å². The van der Waals surface area contributed by atoms with Crippen molar-refractivity contribution in [2.24, 2.45) is 0 Å². The summed E-state index contributed by atoms with van der Waals surface area (Å²) in [7, 11) is 0. The molecule has 0 fully saturated rings. The van der Waals surface area contributed by atoms with Gasteiger partial charge in [-0.25, -0.2) is 9.50 Å². The van der Waals surface area contributed by atoms with Crippen LogP contribution in [0.15, 0.2) is 108 Å². The van der Waals surface area contributed by atoms with E-state index in [0.29, 0.717) is 17.6 Å². The van der Waals surface area contributed by atoms with E-state index in [2.05, 4.69) is 44.6 Å². The zero-order chi connectivity index (χ0) is 22.7. The zero-order valence-corrected chi connectivity index (χ0v) is 18.1. The average molecular weight is 441 g/mol. The van der Waals surface area contributed by atoms with Gasteiger partial charge in [-0.15, -0.1) is 15.3 Å². The molecule has 6 rings (SSSR count). The van der Waals surface area contributed by atoms with E-state index in [4.69, 9.17) is 4.42 Å². The van der Waals surface area contributed by atoms with Crippen molar-refractivity contribution in [3.8, 4) is 34.3 Å². The Morgan fingerprint density at radius 1 is 0.588 bits per heavy atom. The van der Waals surface area contributed by atoms with Crippen molar-refractivity contribution in [2.45, 2.75) is 0 Å². The molecule has 34 heavy (non-hydrogen) atoms. The van der Waals surface area contributed by atoms with Gasteiger partial charge in [0.25, 0.3) is 0 Å². The van der Waals surface area contributed by atoms with Crippen molar-refractivity contribution in [2.75, 3.05) is 0 Å². The minimum atomic E-state index is 0.505. The van der Waals surface area contributed by atoms with E-state index in [9.17, 15) is 0 Å². The van der Waals surface area contributed by atoms with E-state index in [1.54, 1.807) is 4.52 Å². The highest BCUT2D eigenvalue weighted by Crippen LogP contribution is 2.24. The van der Waals surface area contributed by atoms with Crippen LogP contribution in [-0.2, 0) is 0 Å². The summed E-state index contributed by atoms with van der Waals surface area (Å²) >= 11 is 0. The van der Waals surface area contributed by atoms with Crippen LogP contribution in [0.4, 0.5) is 0 Å². The van der Waals surface area contributed by atoms with Crippen LogP contribution in [0.2, 0.25) is 0 Å². The standard InChI is InChI=1S/C28H19N5O/c1-2-6-23(7-3-1)27-30-31-28(34-27)24-17-13-21(14-18-24)10-9-20-11-15-22(16-12-20)26-29-25-8-4-5-19-33(25)32-26/h1-19H. The molecule has 0 atom stereocenters. The number of hydrogen-bond acceptors (Lipinski definition) is 5. The second-order valence-corrected chi connectivity index (χ2v) is 7.79. The van der Waals surface area contributed by atoms with Crippen LogP contribution >= 0.6 is 0 Å². The van der Waals surface area contributed by atoms with Crippen LogP contribution < -0.4 is 0 Å². The Labute approximate surface area is 195 Å². The molecule has 0 aliphatic carbocycles. The summed E-state index contributed by atoms with van der Waals surface area (Å²) in [6, 6.07) is 31.8. The number of aromatic nitrogens is 5. The number of benzene rings is 3. The summed E-state index contributed by atoms with van der Waals surface area (Å²) in [5.74, 6) is 1.74. The normalized spacial score (nSPS) is 11.4. The Morgan fingerprint density at radius 3 is 1.82 bits per heavy atom. The monoisotopic (exact) mass is 441 g/mol. The number of rotatable bonds is 5. The molecule has 0 radical (unpaired) electrons. The van der Waals surface area contributed by atoms with Crippen LogP contribution in [-0.4, -0.2) is 24.8 Å². The first-order valence-electron chi connectivity index (χ1n) is 10.9. The maximum absolute atomic E-state index is 5.84. The lowest BCUT2D eigenvalue weighted by molar-refractivity contribution is 0.584. The van der Waals surface area contributed by atoms with E-state index in [-0.39, 0.29) is 0 Å². The smallest absolute Gasteiger partial charge is 0.248 e. The van der Waals surface area contributed by atoms with E-state index in [1.807, 2.05) is 91.1 Å². The van der Waals surface area contributed by atoms with E-state index in [1.165, 1.54) is 0 Å². The number of pyridine rings is 1. The van der Waals surface area contributed by atoms with Crippen molar-refractivity contribution in [3.63, 3.8) is 0 Å². The summed E-state index contributed by atoms with van der Waals surface area (Å²) in [5, 5.41) is 12.9. The Bertz CT molecular complexity index is 1550. The first-order chi connectivity index (χ1) is 16.8. The Kier molecular flexibility index (Phi) is 5.01. The summed E-state index contributed by atoms with van der Waals surface area (Å²) in [6.07, 6.45) is 6.05. The van der Waals surface area contributed by atoms with Gasteiger partial charge in [-0.2, -0.15) is 0 Å². The van der Waals surface area contributed by atoms with Gasteiger partial charge in [0.1, 0.15) is 0 Å². The summed E-state index contributed by atoms with van der Waals surface area (Å²) in [4.78, 5) is 4.57. The molecule has 0 saturated heterocycles. The van der Waals surface area contributed by atoms with Crippen molar-refractivity contribution in [3.05, 3.63) is 114 Å². The molecule has 3 aromatic heterocycles. The van der Waals surface area contributed by atoms with Crippen LogP contribution in [0.5, 0.6) is 0 Å². The predicted molar refractivity (Wildman–Crippen MR) is 133 cm³/mol. The lowest BCUT2D eigenvalue weighted by Gasteiger charge is -1.99. The molecular weight excluding hydrogens is 422 g/mol. The van der Waals surface area contributed by atoms with E-state index >= 15 is 0 Å². The minimum absolute atomic E-state index is 0.505. The molecule has 0 spiro atoms. The van der Waals surface area contributed by atoms with Gasteiger partial charge < -0.3 is 4.42 Å². The Hall–Kier alpha value is -4.84. The first kappa shape index (κ1) is 19.8. The van der Waals surface area contributed by atoms with E-state index < -0.39 is 0 Å². The summed E-state index contributed by atoms with van der Waals surface area (Å²) < 4.78 is 7.62. The Morgan fingerprint density at radius 2 is 1.18 bits per heavy atom. The number of hydrogen-bond donors (Lipinski definition) is 0. The molecule has 0 amide bonds. The van der Waals surface area contributed by atoms with Crippen LogP contribution in [0.3, 0.4) is 0 Å². The predicted octanol–water partition coefficient (Wildman–Crippen LogP) is 6.28. The van der Waals surface area contributed by atoms with Gasteiger partial charge in [-0.05, 0) is 47.5 Å². The second kappa shape index (κ2) is 8.60. The molecule has 162 valence electrons. The largest absolute Gasteiger partial charge is 0.416 e. The fraction of sp³-hybridized carbons (Fsp3) is 0. The van der Waals surface area contributed by atoms with Crippen LogP contribution in [0.25, 0.3) is 52.1 Å². The van der Waals surface area contributed by atoms with E-state index in [0.717, 1.165) is 33.5 Å². The quantitative estimate of drug-likeness (QED) is 0.294. The van der Waals surface area contributed by atoms with Crippen LogP contribution in [0.1, 0.15) is 11.1 Å². The lowest BCUT2D eigenvalue weighted by atomic mass is 10.1. The van der Waals surface area contributed by atoms with Gasteiger partial charge in [0.05, 0.1) is 0 Å². The maximum atomic E-state index is 5.84. The fourth-order valence-electron chi connectivity index (χ4n) is 3.66. The molecule has 0 bridgehead atoms. The van der Waals surface area contributed by atoms with Gasteiger partial charge in [0.2, 0.25) is 11.8 Å². The Balaban J connectivity index is 1.16. The van der Waals surface area contributed by atoms with Gasteiger partial charge in [-0.3, -0.25) is 0 Å². The van der Waals surface area contributed by atoms with Crippen LogP contribution in [0, 0.1) is 0 Å². The summed E-state index contributed by atoms with van der Waals surface area (Å²) in [6.45, 7) is 0.